The Morgan fingerprint density at radius 3 is 2.64 bits per heavy atom. The minimum absolute atomic E-state index is 0.0717. The molecule has 0 saturated carbocycles. The molecule has 7 heteroatoms. The van der Waals surface area contributed by atoms with Crippen LogP contribution < -0.4 is 5.32 Å². The van der Waals surface area contributed by atoms with E-state index in [0.717, 1.165) is 35.7 Å². The number of aromatic nitrogens is 2. The van der Waals surface area contributed by atoms with E-state index in [0.29, 0.717) is 24.5 Å². The van der Waals surface area contributed by atoms with E-state index < -0.39 is 5.97 Å². The lowest BCUT2D eigenvalue weighted by molar-refractivity contribution is -0.136. The van der Waals surface area contributed by atoms with Crippen LogP contribution in [0.2, 0.25) is 0 Å². The van der Waals surface area contributed by atoms with E-state index in [2.05, 4.69) is 10.4 Å². The fraction of sp³-hybridized carbons (Fsp3) is 0.476. The Morgan fingerprint density at radius 2 is 2.04 bits per heavy atom. The van der Waals surface area contributed by atoms with Crippen LogP contribution >= 0.6 is 0 Å². The lowest BCUT2D eigenvalue weighted by atomic mass is 10.0. The van der Waals surface area contributed by atoms with Crippen molar-refractivity contribution in [3.8, 4) is 5.69 Å². The van der Waals surface area contributed by atoms with E-state index in [9.17, 15) is 9.59 Å². The molecule has 0 bridgehead atoms. The molecule has 2 atom stereocenters. The molecule has 150 valence electrons. The third-order valence-corrected chi connectivity index (χ3v) is 5.43. The van der Waals surface area contributed by atoms with Crippen LogP contribution in [-0.4, -0.2) is 46.0 Å². The van der Waals surface area contributed by atoms with Gasteiger partial charge in [-0.25, -0.2) is 4.68 Å². The van der Waals surface area contributed by atoms with Crippen molar-refractivity contribution in [3.63, 3.8) is 0 Å². The van der Waals surface area contributed by atoms with Crippen LogP contribution in [0.3, 0.4) is 0 Å². The predicted octanol–water partition coefficient (Wildman–Crippen LogP) is 2.66. The zero-order valence-electron chi connectivity index (χ0n) is 16.6. The summed E-state index contributed by atoms with van der Waals surface area (Å²) in [7, 11) is 0. The van der Waals surface area contributed by atoms with Gasteiger partial charge in [-0.3, -0.25) is 9.59 Å². The number of hydrogen-bond acceptors (Lipinski definition) is 4. The number of amides is 1. The number of aliphatic carboxylic acids is 1. The number of aryl methyl sites for hydroxylation is 1. The molecule has 7 nitrogen and oxygen atoms in total. The third-order valence-electron chi connectivity index (χ3n) is 5.43. The van der Waals surface area contributed by atoms with Gasteiger partial charge in [0.05, 0.1) is 18.0 Å². The quantitative estimate of drug-likeness (QED) is 0.764. The average Bonchev–Trinajstić information content (AvgIpc) is 3.29. The molecule has 2 N–H and O–H groups in total. The second-order valence-electron chi connectivity index (χ2n) is 7.39. The highest BCUT2D eigenvalue weighted by Gasteiger charge is 2.24. The Hall–Kier alpha value is -2.67. The van der Waals surface area contributed by atoms with Gasteiger partial charge in [-0.05, 0) is 63.4 Å². The molecule has 2 unspecified atom stereocenters. The number of ether oxygens (including phenoxy) is 1. The fourth-order valence-corrected chi connectivity index (χ4v) is 3.63. The third kappa shape index (κ3) is 4.42. The van der Waals surface area contributed by atoms with E-state index in [1.807, 2.05) is 32.9 Å². The second-order valence-corrected chi connectivity index (χ2v) is 7.39. The Bertz CT molecular complexity index is 851. The van der Waals surface area contributed by atoms with Crippen molar-refractivity contribution in [2.45, 2.75) is 46.1 Å². The maximum Gasteiger partial charge on any atom is 0.303 e. The summed E-state index contributed by atoms with van der Waals surface area (Å²) in [4.78, 5) is 23.4. The molecular formula is C21H27N3O4. The minimum atomic E-state index is -0.819. The lowest BCUT2D eigenvalue weighted by Gasteiger charge is -2.19. The molecular weight excluding hydrogens is 358 g/mol. The smallest absolute Gasteiger partial charge is 0.303 e. The fourth-order valence-electron chi connectivity index (χ4n) is 3.63. The molecule has 1 amide bonds. The van der Waals surface area contributed by atoms with Crippen LogP contribution in [-0.2, 0) is 16.0 Å². The number of rotatable bonds is 7. The number of nitrogens with one attached hydrogen (secondary N) is 1. The van der Waals surface area contributed by atoms with Gasteiger partial charge in [-0.1, -0.05) is 0 Å². The normalized spacial score (nSPS) is 17.5. The van der Waals surface area contributed by atoms with Gasteiger partial charge in [0.1, 0.15) is 0 Å². The molecule has 1 aliphatic rings. The number of benzene rings is 1. The van der Waals surface area contributed by atoms with Crippen LogP contribution in [0.1, 0.15) is 47.1 Å². The SMILES string of the molecule is Cc1nn(-c2ccc(C(=O)NC(C)C3CCOC3)cc2)c(C)c1CCC(=O)O. The van der Waals surface area contributed by atoms with E-state index in [1.54, 1.807) is 16.8 Å². The minimum Gasteiger partial charge on any atom is -0.481 e. The van der Waals surface area contributed by atoms with Gasteiger partial charge in [0, 0.05) is 36.2 Å². The van der Waals surface area contributed by atoms with Crippen molar-refractivity contribution >= 4 is 11.9 Å². The number of carbonyl (C=O) groups excluding carboxylic acids is 1. The van der Waals surface area contributed by atoms with E-state index in [4.69, 9.17) is 9.84 Å². The zero-order valence-corrected chi connectivity index (χ0v) is 16.6. The Morgan fingerprint density at radius 1 is 1.32 bits per heavy atom. The summed E-state index contributed by atoms with van der Waals surface area (Å²) in [5.74, 6) is -0.552. The van der Waals surface area contributed by atoms with Gasteiger partial charge in [0.2, 0.25) is 0 Å². The Balaban J connectivity index is 1.71. The summed E-state index contributed by atoms with van der Waals surface area (Å²) in [6.07, 6.45) is 1.51. The van der Waals surface area contributed by atoms with Crippen molar-refractivity contribution in [2.75, 3.05) is 13.2 Å². The summed E-state index contributed by atoms with van der Waals surface area (Å²) in [5, 5.41) is 16.5. The van der Waals surface area contributed by atoms with E-state index in [-0.39, 0.29) is 18.4 Å². The van der Waals surface area contributed by atoms with E-state index >= 15 is 0 Å². The zero-order chi connectivity index (χ0) is 20.3. The topological polar surface area (TPSA) is 93.5 Å². The molecule has 1 fully saturated rings. The number of carboxylic acid groups (broad SMARTS) is 1. The summed E-state index contributed by atoms with van der Waals surface area (Å²) < 4.78 is 7.19. The van der Waals surface area contributed by atoms with E-state index in [1.165, 1.54) is 0 Å². The van der Waals surface area contributed by atoms with Gasteiger partial charge in [0.15, 0.2) is 0 Å². The van der Waals surface area contributed by atoms with Crippen molar-refractivity contribution in [1.29, 1.82) is 0 Å². The van der Waals surface area contributed by atoms with Crippen LogP contribution in [0.5, 0.6) is 0 Å². The molecule has 28 heavy (non-hydrogen) atoms. The van der Waals surface area contributed by atoms with Crippen molar-refractivity contribution < 1.29 is 19.4 Å². The van der Waals surface area contributed by atoms with Gasteiger partial charge in [-0.15, -0.1) is 0 Å². The lowest BCUT2D eigenvalue weighted by Crippen LogP contribution is -2.38. The van der Waals surface area contributed by atoms with Crippen LogP contribution in [0, 0.1) is 19.8 Å². The number of carbonyl (C=O) groups is 2. The van der Waals surface area contributed by atoms with Crippen LogP contribution in [0.25, 0.3) is 5.69 Å². The summed E-state index contributed by atoms with van der Waals surface area (Å²) >= 11 is 0. The Labute approximate surface area is 164 Å². The van der Waals surface area contributed by atoms with Crippen molar-refractivity contribution in [3.05, 3.63) is 46.8 Å². The molecule has 2 heterocycles. The van der Waals surface area contributed by atoms with Gasteiger partial charge < -0.3 is 15.2 Å². The molecule has 3 rings (SSSR count). The highest BCUT2D eigenvalue weighted by Crippen LogP contribution is 2.20. The maximum atomic E-state index is 12.5. The first kappa shape index (κ1) is 20.1. The molecule has 1 aliphatic heterocycles. The molecule has 1 saturated heterocycles. The number of nitrogens with zero attached hydrogens (tertiary/aromatic N) is 2. The first-order valence-electron chi connectivity index (χ1n) is 9.62. The molecule has 1 aromatic heterocycles. The monoisotopic (exact) mass is 385 g/mol. The van der Waals surface area contributed by atoms with Gasteiger partial charge in [-0.2, -0.15) is 5.10 Å². The summed E-state index contributed by atoms with van der Waals surface area (Å²) in [5.41, 5.74) is 4.15. The standard InChI is InChI=1S/C21H27N3O4/c1-13(17-10-11-28-12-17)22-21(27)16-4-6-18(7-5-16)24-15(3)19(14(2)23-24)8-9-20(25)26/h4-7,13,17H,8-12H2,1-3H3,(H,22,27)(H,25,26). The second kappa shape index (κ2) is 8.56. The van der Waals surface area contributed by atoms with Crippen molar-refractivity contribution in [1.82, 2.24) is 15.1 Å². The molecule has 0 aliphatic carbocycles. The van der Waals surface area contributed by atoms with Gasteiger partial charge >= 0.3 is 5.97 Å². The summed E-state index contributed by atoms with van der Waals surface area (Å²) in [6.45, 7) is 7.29. The van der Waals surface area contributed by atoms with Crippen LogP contribution in [0.4, 0.5) is 0 Å². The highest BCUT2D eigenvalue weighted by molar-refractivity contribution is 5.94. The largest absolute Gasteiger partial charge is 0.481 e. The Kier molecular flexibility index (Phi) is 6.14. The predicted molar refractivity (Wildman–Crippen MR) is 105 cm³/mol. The maximum absolute atomic E-state index is 12.5. The number of carboxylic acids is 1. The molecule has 1 aromatic carbocycles. The number of hydrogen-bond donors (Lipinski definition) is 2. The highest BCUT2D eigenvalue weighted by atomic mass is 16.5. The summed E-state index contributed by atoms with van der Waals surface area (Å²) in [6, 6.07) is 7.37. The van der Waals surface area contributed by atoms with Gasteiger partial charge in [0.25, 0.3) is 5.91 Å². The van der Waals surface area contributed by atoms with Crippen LogP contribution in [0.15, 0.2) is 24.3 Å². The first-order valence-corrected chi connectivity index (χ1v) is 9.62. The molecule has 0 radical (unpaired) electrons. The average molecular weight is 385 g/mol. The molecule has 2 aromatic rings. The molecule has 0 spiro atoms. The van der Waals surface area contributed by atoms with Crippen molar-refractivity contribution in [2.24, 2.45) is 5.92 Å². The first-order chi connectivity index (χ1) is 13.4.